The predicted octanol–water partition coefficient (Wildman–Crippen LogP) is 3.03. The fraction of sp³-hybridized carbons (Fsp3) is 0.625. The molecule has 0 aliphatic rings. The number of thioether (sulfide) groups is 1. The lowest BCUT2D eigenvalue weighted by molar-refractivity contribution is 0.402. The van der Waals surface area contributed by atoms with Crippen LogP contribution in [0.5, 0.6) is 5.75 Å². The number of methoxy groups -OCH3 is 1. The van der Waals surface area contributed by atoms with Gasteiger partial charge in [0, 0.05) is 29.7 Å². The average Bonchev–Trinajstić information content (AvgIpc) is 2.46. The van der Waals surface area contributed by atoms with Crippen LogP contribution >= 0.6 is 11.8 Å². The highest BCUT2D eigenvalue weighted by Gasteiger charge is 2.14. The van der Waals surface area contributed by atoms with Gasteiger partial charge in [-0.1, -0.05) is 25.1 Å². The standard InChI is InChI=1S/C16H28N2OS/c1-5-10-17-15(13-20-12-11-18(2)3)14-8-6-7-9-16(14)19-4/h6-9,15,17H,5,10-13H2,1-4H3. The first kappa shape index (κ1) is 17.3. The molecule has 1 rings (SSSR count). The van der Waals surface area contributed by atoms with Crippen molar-refractivity contribution in [3.05, 3.63) is 29.8 Å². The number of nitrogens with zero attached hydrogens (tertiary/aromatic N) is 1. The molecule has 4 heteroatoms. The van der Waals surface area contributed by atoms with Crippen molar-refractivity contribution in [2.75, 3.05) is 45.8 Å². The second kappa shape index (κ2) is 10.1. The summed E-state index contributed by atoms with van der Waals surface area (Å²) in [6, 6.07) is 8.68. The van der Waals surface area contributed by atoms with Crippen molar-refractivity contribution in [1.29, 1.82) is 0 Å². The number of rotatable bonds is 10. The normalized spacial score (nSPS) is 12.7. The van der Waals surface area contributed by atoms with Crippen molar-refractivity contribution in [3.63, 3.8) is 0 Å². The van der Waals surface area contributed by atoms with Gasteiger partial charge in [-0.2, -0.15) is 11.8 Å². The first-order chi connectivity index (χ1) is 9.69. The van der Waals surface area contributed by atoms with E-state index in [1.54, 1.807) is 7.11 Å². The molecule has 20 heavy (non-hydrogen) atoms. The zero-order valence-electron chi connectivity index (χ0n) is 13.2. The van der Waals surface area contributed by atoms with Crippen LogP contribution in [0.2, 0.25) is 0 Å². The van der Waals surface area contributed by atoms with Crippen molar-refractivity contribution < 1.29 is 4.74 Å². The van der Waals surface area contributed by atoms with E-state index in [9.17, 15) is 0 Å². The van der Waals surface area contributed by atoms with Gasteiger partial charge in [-0.3, -0.25) is 0 Å². The van der Waals surface area contributed by atoms with Crippen LogP contribution in [-0.2, 0) is 0 Å². The Labute approximate surface area is 128 Å². The van der Waals surface area contributed by atoms with Gasteiger partial charge in [-0.25, -0.2) is 0 Å². The first-order valence-corrected chi connectivity index (χ1v) is 8.43. The number of ether oxygens (including phenoxy) is 1. The molecule has 1 aromatic carbocycles. The molecule has 0 amide bonds. The third-order valence-corrected chi connectivity index (χ3v) is 4.16. The predicted molar refractivity (Wildman–Crippen MR) is 89.9 cm³/mol. The van der Waals surface area contributed by atoms with Crippen molar-refractivity contribution in [1.82, 2.24) is 10.2 Å². The fourth-order valence-electron chi connectivity index (χ4n) is 1.98. The summed E-state index contributed by atoms with van der Waals surface area (Å²) < 4.78 is 5.49. The molecule has 1 aromatic rings. The molecule has 0 bridgehead atoms. The number of benzene rings is 1. The molecular weight excluding hydrogens is 268 g/mol. The molecule has 1 unspecified atom stereocenters. The van der Waals surface area contributed by atoms with E-state index in [1.807, 2.05) is 23.9 Å². The smallest absolute Gasteiger partial charge is 0.123 e. The number of hydrogen-bond acceptors (Lipinski definition) is 4. The van der Waals surface area contributed by atoms with Gasteiger partial charge in [0.1, 0.15) is 5.75 Å². The molecule has 0 heterocycles. The molecule has 0 aliphatic carbocycles. The minimum Gasteiger partial charge on any atom is -0.496 e. The summed E-state index contributed by atoms with van der Waals surface area (Å²) in [6.45, 7) is 4.36. The minimum atomic E-state index is 0.360. The second-order valence-corrected chi connectivity index (χ2v) is 6.28. The number of hydrogen-bond donors (Lipinski definition) is 1. The van der Waals surface area contributed by atoms with Crippen molar-refractivity contribution in [2.45, 2.75) is 19.4 Å². The Morgan fingerprint density at radius 3 is 2.70 bits per heavy atom. The van der Waals surface area contributed by atoms with E-state index in [0.29, 0.717) is 6.04 Å². The monoisotopic (exact) mass is 296 g/mol. The molecule has 1 atom stereocenters. The molecule has 0 aliphatic heterocycles. The maximum absolute atomic E-state index is 5.49. The molecule has 0 saturated carbocycles. The van der Waals surface area contributed by atoms with Crippen LogP contribution in [0.1, 0.15) is 24.9 Å². The lowest BCUT2D eigenvalue weighted by Gasteiger charge is -2.21. The number of nitrogens with one attached hydrogen (secondary N) is 1. The van der Waals surface area contributed by atoms with E-state index in [2.05, 4.69) is 43.4 Å². The van der Waals surface area contributed by atoms with Gasteiger partial charge < -0.3 is 15.0 Å². The Balaban J connectivity index is 2.62. The zero-order chi connectivity index (χ0) is 14.8. The highest BCUT2D eigenvalue weighted by atomic mass is 32.2. The third kappa shape index (κ3) is 6.16. The van der Waals surface area contributed by atoms with Gasteiger partial charge in [0.05, 0.1) is 7.11 Å². The van der Waals surface area contributed by atoms with Crippen molar-refractivity contribution >= 4 is 11.8 Å². The third-order valence-electron chi connectivity index (χ3n) is 3.12. The lowest BCUT2D eigenvalue weighted by atomic mass is 10.1. The molecule has 0 spiro atoms. The van der Waals surface area contributed by atoms with E-state index in [4.69, 9.17) is 4.74 Å². The van der Waals surface area contributed by atoms with Gasteiger partial charge in [0.25, 0.3) is 0 Å². The SMILES string of the molecule is CCCNC(CSCCN(C)C)c1ccccc1OC. The highest BCUT2D eigenvalue weighted by Crippen LogP contribution is 2.27. The number of para-hydroxylation sites is 1. The van der Waals surface area contributed by atoms with E-state index < -0.39 is 0 Å². The van der Waals surface area contributed by atoms with E-state index in [-0.39, 0.29) is 0 Å². The summed E-state index contributed by atoms with van der Waals surface area (Å²) in [5.41, 5.74) is 1.26. The van der Waals surface area contributed by atoms with Gasteiger partial charge in [0.15, 0.2) is 0 Å². The zero-order valence-corrected chi connectivity index (χ0v) is 14.0. The van der Waals surface area contributed by atoms with Crippen LogP contribution in [0.15, 0.2) is 24.3 Å². The summed E-state index contributed by atoms with van der Waals surface area (Å²) in [6.07, 6.45) is 1.15. The molecule has 0 aromatic heterocycles. The summed E-state index contributed by atoms with van der Waals surface area (Å²) in [7, 11) is 5.98. The van der Waals surface area contributed by atoms with Crippen LogP contribution < -0.4 is 10.1 Å². The van der Waals surface area contributed by atoms with Crippen LogP contribution in [-0.4, -0.2) is 50.7 Å². The maximum atomic E-state index is 5.49. The highest BCUT2D eigenvalue weighted by molar-refractivity contribution is 7.99. The van der Waals surface area contributed by atoms with Gasteiger partial charge in [-0.15, -0.1) is 0 Å². The Bertz CT molecular complexity index is 371. The van der Waals surface area contributed by atoms with E-state index >= 15 is 0 Å². The maximum Gasteiger partial charge on any atom is 0.123 e. The Hall–Kier alpha value is -0.710. The Kier molecular flexibility index (Phi) is 8.74. The molecule has 0 saturated heterocycles. The summed E-state index contributed by atoms with van der Waals surface area (Å²) in [4.78, 5) is 2.23. The van der Waals surface area contributed by atoms with Gasteiger partial charge >= 0.3 is 0 Å². The van der Waals surface area contributed by atoms with Crippen molar-refractivity contribution in [2.24, 2.45) is 0 Å². The minimum absolute atomic E-state index is 0.360. The lowest BCUT2D eigenvalue weighted by Crippen LogP contribution is -2.25. The quantitative estimate of drug-likeness (QED) is 0.671. The molecule has 0 fully saturated rings. The largest absolute Gasteiger partial charge is 0.496 e. The average molecular weight is 296 g/mol. The summed E-state index contributed by atoms with van der Waals surface area (Å²) in [5.74, 6) is 3.22. The van der Waals surface area contributed by atoms with Crippen LogP contribution in [0.3, 0.4) is 0 Å². The Morgan fingerprint density at radius 1 is 1.30 bits per heavy atom. The first-order valence-electron chi connectivity index (χ1n) is 7.27. The molecule has 3 nitrogen and oxygen atoms in total. The molecule has 0 radical (unpaired) electrons. The summed E-state index contributed by atoms with van der Waals surface area (Å²) >= 11 is 1.99. The fourth-order valence-corrected chi connectivity index (χ4v) is 3.17. The molecular formula is C16H28N2OS. The van der Waals surface area contributed by atoms with E-state index in [0.717, 1.165) is 36.8 Å². The summed E-state index contributed by atoms with van der Waals surface area (Å²) in [5, 5.41) is 3.63. The van der Waals surface area contributed by atoms with Crippen LogP contribution in [0.4, 0.5) is 0 Å². The second-order valence-electron chi connectivity index (χ2n) is 5.13. The van der Waals surface area contributed by atoms with E-state index in [1.165, 1.54) is 5.56 Å². The Morgan fingerprint density at radius 2 is 2.05 bits per heavy atom. The van der Waals surface area contributed by atoms with Crippen molar-refractivity contribution in [3.8, 4) is 5.75 Å². The van der Waals surface area contributed by atoms with Crippen LogP contribution in [0.25, 0.3) is 0 Å². The van der Waals surface area contributed by atoms with Gasteiger partial charge in [-0.05, 0) is 33.1 Å². The van der Waals surface area contributed by atoms with Gasteiger partial charge in [0.2, 0.25) is 0 Å². The topological polar surface area (TPSA) is 24.5 Å². The molecule has 1 N–H and O–H groups in total. The molecule has 114 valence electrons. The van der Waals surface area contributed by atoms with Crippen LogP contribution in [0, 0.1) is 0 Å².